The van der Waals surface area contributed by atoms with E-state index in [1.54, 1.807) is 24.3 Å². The van der Waals surface area contributed by atoms with Crippen LogP contribution in [-0.2, 0) is 14.6 Å². The van der Waals surface area contributed by atoms with E-state index in [1.807, 2.05) is 32.0 Å². The standard InChI is InChI=1S/C24H24N4O5S2/c1-4-35(30,31)24-27-28-21(25)19(22(29)26-23(28)34-24)14-17-7-9-18(10-8-17)32-11-12-33-20-13-15(2)5-6-16(20)3/h5-10,13-14,25H,4,11-12H2,1-3H3/b19-14-,25-21?. The van der Waals surface area contributed by atoms with Gasteiger partial charge in [-0.25, -0.2) is 8.42 Å². The number of nitrogens with zero attached hydrogens (tertiary/aromatic N) is 3. The summed E-state index contributed by atoms with van der Waals surface area (Å²) in [5.41, 5.74) is 2.87. The van der Waals surface area contributed by atoms with Gasteiger partial charge >= 0.3 is 0 Å². The fraction of sp³-hybridized carbons (Fsp3) is 0.250. The molecule has 0 unspecified atom stereocenters. The number of aliphatic imine (C=N–C) groups is 1. The van der Waals surface area contributed by atoms with Gasteiger partial charge in [0, 0.05) is 0 Å². The summed E-state index contributed by atoms with van der Waals surface area (Å²) in [5, 5.41) is 13.5. The Balaban J connectivity index is 1.39. The molecule has 35 heavy (non-hydrogen) atoms. The minimum Gasteiger partial charge on any atom is -0.490 e. The second kappa shape index (κ2) is 10.0. The largest absolute Gasteiger partial charge is 0.490 e. The molecule has 2 aliphatic heterocycles. The first kappa shape index (κ1) is 24.7. The third kappa shape index (κ3) is 5.46. The molecule has 0 saturated heterocycles. The summed E-state index contributed by atoms with van der Waals surface area (Å²) in [7, 11) is -3.57. The monoisotopic (exact) mass is 512 g/mol. The number of carbonyl (C=O) groups is 1. The van der Waals surface area contributed by atoms with Crippen LogP contribution in [0.5, 0.6) is 11.5 Å². The van der Waals surface area contributed by atoms with Crippen LogP contribution in [-0.4, -0.2) is 53.7 Å². The van der Waals surface area contributed by atoms with E-state index in [9.17, 15) is 13.2 Å². The maximum atomic E-state index is 12.5. The molecule has 0 radical (unpaired) electrons. The molecule has 0 atom stereocenters. The predicted octanol–water partition coefficient (Wildman–Crippen LogP) is 3.77. The van der Waals surface area contributed by atoms with E-state index < -0.39 is 15.7 Å². The number of hydrogen-bond donors (Lipinski definition) is 1. The first-order valence-corrected chi connectivity index (χ1v) is 13.3. The van der Waals surface area contributed by atoms with Crippen molar-refractivity contribution < 1.29 is 22.7 Å². The highest BCUT2D eigenvalue weighted by Gasteiger charge is 2.39. The third-order valence-corrected chi connectivity index (χ3v) is 8.32. The molecule has 182 valence electrons. The third-order valence-electron chi connectivity index (χ3n) is 5.23. The average molecular weight is 513 g/mol. The van der Waals surface area contributed by atoms with Crippen molar-refractivity contribution in [3.05, 3.63) is 64.7 Å². The number of amides is 1. The number of rotatable bonds is 7. The van der Waals surface area contributed by atoms with E-state index in [2.05, 4.69) is 10.1 Å². The quantitative estimate of drug-likeness (QED) is 0.443. The molecule has 11 heteroatoms. The van der Waals surface area contributed by atoms with E-state index in [1.165, 1.54) is 13.0 Å². The van der Waals surface area contributed by atoms with Gasteiger partial charge in [0.05, 0.1) is 11.3 Å². The van der Waals surface area contributed by atoms with Crippen molar-refractivity contribution in [3.63, 3.8) is 0 Å². The Morgan fingerprint density at radius 1 is 1.09 bits per heavy atom. The fourth-order valence-corrected chi connectivity index (χ4v) is 5.39. The van der Waals surface area contributed by atoms with Crippen molar-refractivity contribution in [2.45, 2.75) is 20.8 Å². The van der Waals surface area contributed by atoms with Gasteiger partial charge in [-0.05, 0) is 66.6 Å². The summed E-state index contributed by atoms with van der Waals surface area (Å²) in [4.78, 5) is 16.4. The Labute approximate surface area is 208 Å². The van der Waals surface area contributed by atoms with Crippen molar-refractivity contribution in [1.82, 2.24) is 5.01 Å². The maximum absolute atomic E-state index is 12.5. The number of nitrogens with one attached hydrogen (secondary N) is 1. The molecule has 1 N–H and O–H groups in total. The number of carbonyl (C=O) groups excluding carboxylic acids is 1. The Hall–Kier alpha value is -3.44. The highest BCUT2D eigenvalue weighted by molar-refractivity contribution is 8.42. The Kier molecular flexibility index (Phi) is 7.08. The number of thioether (sulfide) groups is 1. The van der Waals surface area contributed by atoms with Crippen molar-refractivity contribution in [2.75, 3.05) is 19.0 Å². The van der Waals surface area contributed by atoms with E-state index >= 15 is 0 Å². The lowest BCUT2D eigenvalue weighted by Gasteiger charge is -2.20. The fourth-order valence-electron chi connectivity index (χ4n) is 3.22. The zero-order valence-corrected chi connectivity index (χ0v) is 21.1. The molecule has 2 aliphatic rings. The van der Waals surface area contributed by atoms with Crippen molar-refractivity contribution in [2.24, 2.45) is 10.1 Å². The number of hydrazone groups is 1. The highest BCUT2D eigenvalue weighted by atomic mass is 32.3. The van der Waals surface area contributed by atoms with E-state index in [-0.39, 0.29) is 26.7 Å². The van der Waals surface area contributed by atoms with Crippen LogP contribution in [0.3, 0.4) is 0 Å². The summed E-state index contributed by atoms with van der Waals surface area (Å²) < 4.78 is 35.6. The van der Waals surface area contributed by atoms with Crippen LogP contribution in [0.2, 0.25) is 0 Å². The molecule has 0 fully saturated rings. The summed E-state index contributed by atoms with van der Waals surface area (Å²) >= 11 is 0.776. The van der Waals surface area contributed by atoms with Gasteiger partial charge < -0.3 is 9.47 Å². The Morgan fingerprint density at radius 3 is 2.51 bits per heavy atom. The van der Waals surface area contributed by atoms with E-state index in [4.69, 9.17) is 14.9 Å². The van der Waals surface area contributed by atoms with Crippen LogP contribution < -0.4 is 9.47 Å². The van der Waals surface area contributed by atoms with E-state index in [0.29, 0.717) is 24.5 Å². The van der Waals surface area contributed by atoms with Crippen LogP contribution in [0.1, 0.15) is 23.6 Å². The van der Waals surface area contributed by atoms with Gasteiger partial charge in [-0.2, -0.15) is 10.0 Å². The van der Waals surface area contributed by atoms with Crippen molar-refractivity contribution in [1.29, 1.82) is 5.41 Å². The van der Waals surface area contributed by atoms with E-state index in [0.717, 1.165) is 33.6 Å². The smallest absolute Gasteiger partial charge is 0.283 e. The molecule has 0 aliphatic carbocycles. The molecule has 2 heterocycles. The molecule has 0 bridgehead atoms. The highest BCUT2D eigenvalue weighted by Crippen LogP contribution is 2.30. The molecule has 1 amide bonds. The molecule has 4 rings (SSSR count). The van der Waals surface area contributed by atoms with Crippen molar-refractivity contribution in [3.8, 4) is 11.5 Å². The molecule has 0 aromatic heterocycles. The van der Waals surface area contributed by atoms with Crippen LogP contribution in [0.4, 0.5) is 0 Å². The maximum Gasteiger partial charge on any atom is 0.283 e. The number of ether oxygens (including phenoxy) is 2. The lowest BCUT2D eigenvalue weighted by molar-refractivity contribution is -0.114. The Morgan fingerprint density at radius 2 is 1.80 bits per heavy atom. The number of hydrogen-bond acceptors (Lipinski definition) is 8. The SMILES string of the molecule is CCS(=O)(=O)C1=NN2C(=N)/C(=C/c3ccc(OCCOc4cc(C)ccc4C)cc3)C(=O)N=C2S1. The van der Waals surface area contributed by atoms with Crippen LogP contribution in [0.25, 0.3) is 6.08 Å². The number of fused-ring (bicyclic) bond motifs is 1. The second-order valence-electron chi connectivity index (χ2n) is 7.82. The van der Waals surface area contributed by atoms with Gasteiger partial charge in [-0.1, -0.05) is 31.2 Å². The summed E-state index contributed by atoms with van der Waals surface area (Å²) in [6.45, 7) is 6.27. The lowest BCUT2D eigenvalue weighted by Crippen LogP contribution is -2.35. The first-order chi connectivity index (χ1) is 16.7. The van der Waals surface area contributed by atoms with Gasteiger partial charge in [0.2, 0.25) is 19.4 Å². The molecular weight excluding hydrogens is 488 g/mol. The Bertz CT molecular complexity index is 1380. The molecule has 0 spiro atoms. The summed E-state index contributed by atoms with van der Waals surface area (Å²) in [6, 6.07) is 13.1. The predicted molar refractivity (Wildman–Crippen MR) is 138 cm³/mol. The summed E-state index contributed by atoms with van der Waals surface area (Å²) in [5.74, 6) is 0.495. The minimum absolute atomic E-state index is 0.0174. The lowest BCUT2D eigenvalue weighted by atomic mass is 10.1. The minimum atomic E-state index is -3.57. The molecule has 9 nitrogen and oxygen atoms in total. The van der Waals surface area contributed by atoms with Crippen LogP contribution >= 0.6 is 11.8 Å². The zero-order valence-electron chi connectivity index (χ0n) is 19.4. The van der Waals surface area contributed by atoms with Crippen LogP contribution in [0, 0.1) is 19.3 Å². The average Bonchev–Trinajstić information content (AvgIpc) is 3.27. The zero-order chi connectivity index (χ0) is 25.2. The number of amidine groups is 2. The molecule has 2 aromatic carbocycles. The van der Waals surface area contributed by atoms with Gasteiger partial charge in [0.1, 0.15) is 24.7 Å². The van der Waals surface area contributed by atoms with Gasteiger partial charge in [0.15, 0.2) is 5.84 Å². The van der Waals surface area contributed by atoms with Gasteiger partial charge in [-0.3, -0.25) is 10.2 Å². The second-order valence-corrected chi connectivity index (χ2v) is 11.2. The molecule has 0 saturated carbocycles. The molecule has 2 aromatic rings. The molecular formula is C24H24N4O5S2. The normalized spacial score (nSPS) is 16.8. The summed E-state index contributed by atoms with van der Waals surface area (Å²) in [6.07, 6.45) is 1.52. The van der Waals surface area contributed by atoms with Crippen molar-refractivity contribution >= 4 is 49.0 Å². The number of sulfone groups is 1. The topological polar surface area (TPSA) is 121 Å². The van der Waals surface area contributed by atoms with Gasteiger partial charge in [-0.15, -0.1) is 5.10 Å². The number of aryl methyl sites for hydroxylation is 2. The van der Waals surface area contributed by atoms with Crippen LogP contribution in [0.15, 0.2) is 58.1 Å². The van der Waals surface area contributed by atoms with Gasteiger partial charge in [0.25, 0.3) is 5.91 Å². The first-order valence-electron chi connectivity index (χ1n) is 10.8. The number of benzene rings is 2.